The molecule has 0 spiro atoms. The minimum absolute atomic E-state index is 0.204. The van der Waals surface area contributed by atoms with Crippen LogP contribution in [0.15, 0.2) is 46.9 Å². The van der Waals surface area contributed by atoms with Crippen LogP contribution in [0.4, 0.5) is 4.39 Å². The zero-order valence-electron chi connectivity index (χ0n) is 12.1. The zero-order valence-corrected chi connectivity index (χ0v) is 13.7. The maximum absolute atomic E-state index is 13.5. The van der Waals surface area contributed by atoms with Gasteiger partial charge in [-0.1, -0.05) is 41.1 Å². The average molecular weight is 352 g/mol. The van der Waals surface area contributed by atoms with E-state index in [0.717, 1.165) is 27.8 Å². The van der Waals surface area contributed by atoms with Gasteiger partial charge in [0, 0.05) is 10.5 Å². The molecule has 0 fully saturated rings. The quantitative estimate of drug-likeness (QED) is 0.843. The first-order chi connectivity index (χ1) is 10.0. The summed E-state index contributed by atoms with van der Waals surface area (Å²) < 4.78 is 20.5. The summed E-state index contributed by atoms with van der Waals surface area (Å²) in [4.78, 5) is 0. The van der Waals surface area contributed by atoms with E-state index in [4.69, 9.17) is 10.5 Å². The first-order valence-electron chi connectivity index (χ1n) is 6.95. The van der Waals surface area contributed by atoms with Crippen LogP contribution in [-0.4, -0.2) is 6.04 Å². The number of aryl methyl sites for hydroxylation is 1. The molecule has 4 heteroatoms. The largest absolute Gasteiger partial charge is 0.484 e. The van der Waals surface area contributed by atoms with Gasteiger partial charge in [0.05, 0.1) is 0 Å². The molecule has 0 saturated heterocycles. The van der Waals surface area contributed by atoms with Gasteiger partial charge in [0.25, 0.3) is 0 Å². The van der Waals surface area contributed by atoms with Gasteiger partial charge in [-0.15, -0.1) is 0 Å². The Morgan fingerprint density at radius 3 is 2.67 bits per heavy atom. The molecule has 2 unspecified atom stereocenters. The van der Waals surface area contributed by atoms with E-state index in [2.05, 4.69) is 15.9 Å². The summed E-state index contributed by atoms with van der Waals surface area (Å²) in [6.07, 6.45) is 0.368. The maximum atomic E-state index is 13.5. The molecule has 2 rings (SSSR count). The summed E-state index contributed by atoms with van der Waals surface area (Å²) in [5.74, 6) is 0.470. The Labute approximate surface area is 133 Å². The molecule has 0 saturated carbocycles. The Bertz CT molecular complexity index is 617. The van der Waals surface area contributed by atoms with E-state index >= 15 is 0 Å². The number of rotatable bonds is 5. The van der Waals surface area contributed by atoms with E-state index in [1.54, 1.807) is 6.07 Å². The van der Waals surface area contributed by atoms with Crippen molar-refractivity contribution in [3.8, 4) is 5.75 Å². The van der Waals surface area contributed by atoms with Crippen LogP contribution in [0.3, 0.4) is 0 Å². The van der Waals surface area contributed by atoms with Gasteiger partial charge in [0.1, 0.15) is 17.7 Å². The number of benzene rings is 2. The molecule has 112 valence electrons. The van der Waals surface area contributed by atoms with E-state index in [9.17, 15) is 4.39 Å². The van der Waals surface area contributed by atoms with Gasteiger partial charge in [0.15, 0.2) is 0 Å². The average Bonchev–Trinajstić information content (AvgIpc) is 2.47. The highest BCUT2D eigenvalue weighted by Crippen LogP contribution is 2.30. The molecule has 2 N–H and O–H groups in total. The maximum Gasteiger partial charge on any atom is 0.139 e. The van der Waals surface area contributed by atoms with Crippen LogP contribution >= 0.6 is 15.9 Å². The third-order valence-electron chi connectivity index (χ3n) is 3.44. The van der Waals surface area contributed by atoms with E-state index in [-0.39, 0.29) is 18.0 Å². The smallest absolute Gasteiger partial charge is 0.139 e. The van der Waals surface area contributed by atoms with E-state index in [1.165, 1.54) is 12.1 Å². The van der Waals surface area contributed by atoms with Crippen LogP contribution in [0, 0.1) is 12.7 Å². The topological polar surface area (TPSA) is 35.2 Å². The van der Waals surface area contributed by atoms with Crippen LogP contribution in [0.25, 0.3) is 0 Å². The highest BCUT2D eigenvalue weighted by atomic mass is 79.9. The molecule has 0 amide bonds. The van der Waals surface area contributed by atoms with Crippen LogP contribution in [-0.2, 0) is 0 Å². The number of ether oxygens (including phenoxy) is 1. The van der Waals surface area contributed by atoms with E-state index in [1.807, 2.05) is 38.1 Å². The van der Waals surface area contributed by atoms with Crippen LogP contribution < -0.4 is 10.5 Å². The lowest BCUT2D eigenvalue weighted by molar-refractivity contribution is 0.169. The number of nitrogens with two attached hydrogens (primary N) is 1. The van der Waals surface area contributed by atoms with Gasteiger partial charge in [-0.2, -0.15) is 0 Å². The molecular weight excluding hydrogens is 333 g/mol. The minimum atomic E-state index is -0.376. The summed E-state index contributed by atoms with van der Waals surface area (Å²) in [6.45, 7) is 3.97. The van der Waals surface area contributed by atoms with Crippen molar-refractivity contribution in [1.29, 1.82) is 0 Å². The first kappa shape index (κ1) is 16.0. The second kappa shape index (κ2) is 7.05. The van der Waals surface area contributed by atoms with Gasteiger partial charge in [-0.3, -0.25) is 0 Å². The van der Waals surface area contributed by atoms with Crippen molar-refractivity contribution in [3.63, 3.8) is 0 Å². The first-order valence-corrected chi connectivity index (χ1v) is 7.74. The van der Waals surface area contributed by atoms with Crippen LogP contribution in [0.1, 0.15) is 30.6 Å². The number of hydrogen-bond donors (Lipinski definition) is 1. The second-order valence-corrected chi connectivity index (χ2v) is 5.99. The molecule has 0 radical (unpaired) electrons. The van der Waals surface area contributed by atoms with Gasteiger partial charge < -0.3 is 10.5 Å². The highest BCUT2D eigenvalue weighted by Gasteiger charge is 2.21. The van der Waals surface area contributed by atoms with Gasteiger partial charge >= 0.3 is 0 Å². The Morgan fingerprint density at radius 1 is 1.24 bits per heavy atom. The Kier molecular flexibility index (Phi) is 5.37. The minimum Gasteiger partial charge on any atom is -0.484 e. The van der Waals surface area contributed by atoms with Gasteiger partial charge in [-0.25, -0.2) is 4.39 Å². The van der Waals surface area contributed by atoms with Crippen molar-refractivity contribution >= 4 is 15.9 Å². The van der Waals surface area contributed by atoms with Crippen molar-refractivity contribution < 1.29 is 9.13 Å². The molecule has 0 bridgehead atoms. The normalized spacial score (nSPS) is 13.8. The molecule has 0 aliphatic carbocycles. The molecular formula is C17H19BrFNO. The summed E-state index contributed by atoms with van der Waals surface area (Å²) >= 11 is 3.44. The standard InChI is InChI=1S/C17H19BrFNO/c1-3-15(20)17(12-5-4-6-14(19)9-12)21-16-10-13(18)8-7-11(16)2/h4-10,15,17H,3,20H2,1-2H3. The molecule has 0 aliphatic rings. The lowest BCUT2D eigenvalue weighted by Gasteiger charge is -2.25. The summed E-state index contributed by atoms with van der Waals surface area (Å²) in [7, 11) is 0. The fourth-order valence-electron chi connectivity index (χ4n) is 2.14. The number of hydrogen-bond acceptors (Lipinski definition) is 2. The molecule has 2 nitrogen and oxygen atoms in total. The molecule has 0 aromatic heterocycles. The fourth-order valence-corrected chi connectivity index (χ4v) is 2.48. The van der Waals surface area contributed by atoms with Crippen molar-refractivity contribution in [2.45, 2.75) is 32.4 Å². The van der Waals surface area contributed by atoms with Gasteiger partial charge in [0.2, 0.25) is 0 Å². The summed E-state index contributed by atoms with van der Waals surface area (Å²) in [5, 5.41) is 0. The van der Waals surface area contributed by atoms with E-state index in [0.29, 0.717) is 0 Å². The van der Waals surface area contributed by atoms with Crippen molar-refractivity contribution in [1.82, 2.24) is 0 Å². The van der Waals surface area contributed by atoms with Crippen LogP contribution in [0.2, 0.25) is 0 Å². The lowest BCUT2D eigenvalue weighted by atomic mass is 10.0. The molecule has 2 aromatic carbocycles. The molecule has 0 aliphatic heterocycles. The Balaban J connectivity index is 2.35. The predicted octanol–water partition coefficient (Wildman–Crippen LogP) is 4.75. The van der Waals surface area contributed by atoms with E-state index < -0.39 is 0 Å². The fraction of sp³-hybridized carbons (Fsp3) is 0.294. The second-order valence-electron chi connectivity index (χ2n) is 5.08. The summed E-state index contributed by atoms with van der Waals surface area (Å²) in [5.41, 5.74) is 7.95. The Hall–Kier alpha value is -1.39. The third-order valence-corrected chi connectivity index (χ3v) is 3.93. The molecule has 2 atom stereocenters. The monoisotopic (exact) mass is 351 g/mol. The van der Waals surface area contributed by atoms with Gasteiger partial charge in [-0.05, 0) is 48.7 Å². The van der Waals surface area contributed by atoms with Crippen LogP contribution in [0.5, 0.6) is 5.75 Å². The van der Waals surface area contributed by atoms with Crippen molar-refractivity contribution in [2.24, 2.45) is 5.73 Å². The number of halogens is 2. The third kappa shape index (κ3) is 4.05. The zero-order chi connectivity index (χ0) is 15.4. The van der Waals surface area contributed by atoms with Crippen molar-refractivity contribution in [3.05, 3.63) is 63.9 Å². The molecule has 0 heterocycles. The molecule has 2 aromatic rings. The lowest BCUT2D eigenvalue weighted by Crippen LogP contribution is -2.31. The van der Waals surface area contributed by atoms with Crippen molar-refractivity contribution in [2.75, 3.05) is 0 Å². The highest BCUT2D eigenvalue weighted by molar-refractivity contribution is 9.10. The predicted molar refractivity (Wildman–Crippen MR) is 86.9 cm³/mol. The summed E-state index contributed by atoms with van der Waals surface area (Å²) in [6, 6.07) is 12.1. The SMILES string of the molecule is CCC(N)C(Oc1cc(Br)ccc1C)c1cccc(F)c1. The Morgan fingerprint density at radius 2 is 2.00 bits per heavy atom. The molecule has 21 heavy (non-hydrogen) atoms.